The van der Waals surface area contributed by atoms with Gasteiger partial charge in [-0.2, -0.15) is 0 Å². The van der Waals surface area contributed by atoms with Gasteiger partial charge in [-0.3, -0.25) is 9.59 Å². The van der Waals surface area contributed by atoms with E-state index < -0.39 is 0 Å². The third kappa shape index (κ3) is 3.71. The molecule has 124 valence electrons. The monoisotopic (exact) mass is 318 g/mol. The summed E-state index contributed by atoms with van der Waals surface area (Å²) in [4.78, 5) is 27.9. The zero-order valence-corrected chi connectivity index (χ0v) is 13.3. The van der Waals surface area contributed by atoms with E-state index in [-0.39, 0.29) is 30.1 Å². The van der Waals surface area contributed by atoms with Gasteiger partial charge in [0, 0.05) is 32.0 Å². The minimum Gasteiger partial charge on any atom is -0.341 e. The molecule has 1 atom stereocenters. The van der Waals surface area contributed by atoms with E-state index in [1.165, 1.54) is 6.07 Å². The molecule has 2 saturated heterocycles. The molecule has 1 unspecified atom stereocenters. The fourth-order valence-corrected chi connectivity index (χ4v) is 3.52. The van der Waals surface area contributed by atoms with Crippen molar-refractivity contribution in [2.45, 2.75) is 38.0 Å². The van der Waals surface area contributed by atoms with Crippen LogP contribution >= 0.6 is 0 Å². The number of hydrogen-bond donors (Lipinski definition) is 0. The second-order valence-corrected chi connectivity index (χ2v) is 6.47. The molecule has 0 bridgehead atoms. The Bertz CT molecular complexity index is 590. The molecule has 1 aromatic rings. The first-order chi connectivity index (χ1) is 11.1. The highest BCUT2D eigenvalue weighted by Crippen LogP contribution is 2.29. The predicted octanol–water partition coefficient (Wildman–Crippen LogP) is 2.54. The van der Waals surface area contributed by atoms with Crippen LogP contribution in [0.25, 0.3) is 0 Å². The van der Waals surface area contributed by atoms with Crippen LogP contribution in [0.15, 0.2) is 24.3 Å². The summed E-state index contributed by atoms with van der Waals surface area (Å²) in [5.41, 5.74) is 0.689. The minimum atomic E-state index is -0.200. The van der Waals surface area contributed by atoms with E-state index in [2.05, 4.69) is 0 Å². The van der Waals surface area contributed by atoms with Crippen molar-refractivity contribution in [2.75, 3.05) is 26.2 Å². The summed E-state index contributed by atoms with van der Waals surface area (Å²) < 4.78 is 13.9. The number of likely N-dealkylation sites (tertiary alicyclic amines) is 2. The van der Waals surface area contributed by atoms with Crippen LogP contribution in [-0.2, 0) is 9.59 Å². The summed E-state index contributed by atoms with van der Waals surface area (Å²) in [6, 6.07) is 6.78. The molecule has 0 radical (unpaired) electrons. The summed E-state index contributed by atoms with van der Waals surface area (Å²) in [6.45, 7) is 2.03. The van der Waals surface area contributed by atoms with Crippen LogP contribution < -0.4 is 0 Å². The Morgan fingerprint density at radius 3 is 2.83 bits per heavy atom. The van der Waals surface area contributed by atoms with Gasteiger partial charge in [0.25, 0.3) is 0 Å². The van der Waals surface area contributed by atoms with Gasteiger partial charge in [-0.25, -0.2) is 4.39 Å². The molecule has 1 aromatic carbocycles. The third-order valence-electron chi connectivity index (χ3n) is 4.88. The molecule has 2 fully saturated rings. The maximum Gasteiger partial charge on any atom is 0.242 e. The molecule has 4 nitrogen and oxygen atoms in total. The summed E-state index contributed by atoms with van der Waals surface area (Å²) in [5, 5.41) is 0. The molecule has 23 heavy (non-hydrogen) atoms. The van der Waals surface area contributed by atoms with E-state index in [1.807, 2.05) is 6.07 Å². The molecule has 5 heteroatoms. The number of carbonyl (C=O) groups excluding carboxylic acids is 2. The van der Waals surface area contributed by atoms with E-state index in [4.69, 9.17) is 0 Å². The number of rotatable bonds is 3. The van der Waals surface area contributed by atoms with E-state index in [0.717, 1.165) is 25.7 Å². The summed E-state index contributed by atoms with van der Waals surface area (Å²) in [7, 11) is 0. The average Bonchev–Trinajstić information content (AvgIpc) is 2.95. The van der Waals surface area contributed by atoms with Gasteiger partial charge >= 0.3 is 0 Å². The van der Waals surface area contributed by atoms with E-state index in [9.17, 15) is 14.0 Å². The standard InChI is InChI=1S/C18H23FN2O2/c19-16-7-4-3-6-15(16)14-9-11-21(12-14)18(23)13-20-10-5-1-2-8-17(20)22/h3-4,6-7,14H,1-2,5,8-13H2. The molecule has 0 aromatic heterocycles. The minimum absolute atomic E-state index is 0.0147. The topological polar surface area (TPSA) is 40.6 Å². The van der Waals surface area contributed by atoms with Crippen molar-refractivity contribution >= 4 is 11.8 Å². The van der Waals surface area contributed by atoms with Gasteiger partial charge in [-0.15, -0.1) is 0 Å². The van der Waals surface area contributed by atoms with Gasteiger partial charge in [-0.05, 0) is 30.9 Å². The van der Waals surface area contributed by atoms with Crippen LogP contribution in [0.3, 0.4) is 0 Å². The smallest absolute Gasteiger partial charge is 0.242 e. The zero-order valence-electron chi connectivity index (χ0n) is 13.3. The van der Waals surface area contributed by atoms with Crippen molar-refractivity contribution in [2.24, 2.45) is 0 Å². The molecule has 3 rings (SSSR count). The number of nitrogens with zero attached hydrogens (tertiary/aromatic N) is 2. The molecule has 0 N–H and O–H groups in total. The molecule has 2 aliphatic heterocycles. The predicted molar refractivity (Wildman–Crippen MR) is 85.4 cm³/mol. The number of amides is 2. The van der Waals surface area contributed by atoms with Gasteiger partial charge in [-0.1, -0.05) is 24.6 Å². The second kappa shape index (κ2) is 7.11. The third-order valence-corrected chi connectivity index (χ3v) is 4.88. The first-order valence-electron chi connectivity index (χ1n) is 8.45. The second-order valence-electron chi connectivity index (χ2n) is 6.47. The fraction of sp³-hybridized carbons (Fsp3) is 0.556. The molecule has 0 aliphatic carbocycles. The van der Waals surface area contributed by atoms with Crippen LogP contribution in [0.2, 0.25) is 0 Å². The lowest BCUT2D eigenvalue weighted by atomic mass is 9.98. The molecular formula is C18H23FN2O2. The van der Waals surface area contributed by atoms with Crippen molar-refractivity contribution in [3.8, 4) is 0 Å². The lowest BCUT2D eigenvalue weighted by Gasteiger charge is -2.24. The Kier molecular flexibility index (Phi) is 4.94. The van der Waals surface area contributed by atoms with Crippen LogP contribution in [0.5, 0.6) is 0 Å². The maximum atomic E-state index is 13.9. The normalized spacial score (nSPS) is 22.3. The van der Waals surface area contributed by atoms with Gasteiger partial charge in [0.2, 0.25) is 11.8 Å². The number of benzene rings is 1. The SMILES string of the molecule is O=C1CCCCCN1CC(=O)N1CCC(c2ccccc2F)C1. The molecule has 0 saturated carbocycles. The van der Waals surface area contributed by atoms with Crippen molar-refractivity contribution in [3.05, 3.63) is 35.6 Å². The Morgan fingerprint density at radius 2 is 2.00 bits per heavy atom. The largest absolute Gasteiger partial charge is 0.341 e. The summed E-state index contributed by atoms with van der Waals surface area (Å²) in [6.07, 6.45) is 4.26. The Balaban J connectivity index is 1.59. The highest BCUT2D eigenvalue weighted by Gasteiger charge is 2.30. The van der Waals surface area contributed by atoms with Crippen LogP contribution in [-0.4, -0.2) is 47.8 Å². The highest BCUT2D eigenvalue weighted by molar-refractivity contribution is 5.85. The van der Waals surface area contributed by atoms with Crippen molar-refractivity contribution in [3.63, 3.8) is 0 Å². The van der Waals surface area contributed by atoms with Crippen molar-refractivity contribution < 1.29 is 14.0 Å². The molecule has 0 spiro atoms. The molecule has 2 aliphatic rings. The molecular weight excluding hydrogens is 295 g/mol. The lowest BCUT2D eigenvalue weighted by Crippen LogP contribution is -2.41. The first-order valence-corrected chi connectivity index (χ1v) is 8.45. The van der Waals surface area contributed by atoms with Gasteiger partial charge in [0.15, 0.2) is 0 Å². The summed E-state index contributed by atoms with van der Waals surface area (Å²) >= 11 is 0. The Hall–Kier alpha value is -1.91. The Morgan fingerprint density at radius 1 is 1.17 bits per heavy atom. The van der Waals surface area contributed by atoms with Gasteiger partial charge in [0.1, 0.15) is 5.82 Å². The van der Waals surface area contributed by atoms with E-state index in [1.54, 1.807) is 21.9 Å². The first kappa shape index (κ1) is 16.0. The lowest BCUT2D eigenvalue weighted by molar-refractivity contribution is -0.139. The molecule has 2 heterocycles. The number of carbonyl (C=O) groups is 2. The van der Waals surface area contributed by atoms with Gasteiger partial charge in [0.05, 0.1) is 6.54 Å². The van der Waals surface area contributed by atoms with Crippen LogP contribution in [0, 0.1) is 5.82 Å². The number of halogens is 1. The number of hydrogen-bond acceptors (Lipinski definition) is 2. The quantitative estimate of drug-likeness (QED) is 0.859. The molecule has 2 amide bonds. The van der Waals surface area contributed by atoms with Crippen molar-refractivity contribution in [1.82, 2.24) is 9.80 Å². The zero-order chi connectivity index (χ0) is 16.2. The maximum absolute atomic E-state index is 13.9. The van der Waals surface area contributed by atoms with Crippen LogP contribution in [0.1, 0.15) is 43.6 Å². The van der Waals surface area contributed by atoms with Crippen molar-refractivity contribution in [1.29, 1.82) is 0 Å². The van der Waals surface area contributed by atoms with Gasteiger partial charge < -0.3 is 9.80 Å². The fourth-order valence-electron chi connectivity index (χ4n) is 3.52. The average molecular weight is 318 g/mol. The highest BCUT2D eigenvalue weighted by atomic mass is 19.1. The van der Waals surface area contributed by atoms with E-state index in [0.29, 0.717) is 31.6 Å². The summed E-state index contributed by atoms with van der Waals surface area (Å²) in [5.74, 6) is -0.0747. The van der Waals surface area contributed by atoms with Crippen LogP contribution in [0.4, 0.5) is 4.39 Å². The van der Waals surface area contributed by atoms with E-state index >= 15 is 0 Å². The Labute approximate surface area is 136 Å².